The van der Waals surface area contributed by atoms with Gasteiger partial charge in [0.15, 0.2) is 5.78 Å². The molecule has 2 nitrogen and oxygen atoms in total. The number of hydrogen-bond acceptors (Lipinski definition) is 2. The Balaban J connectivity index is 1.68. The van der Waals surface area contributed by atoms with Gasteiger partial charge >= 0.3 is 0 Å². The number of alkyl halides is 1. The Hall–Kier alpha value is -1.87. The standard InChI is InChI=1S/C23H27BrO2/c24-18-8-3-1-2-4-9-19-26-22-15-12-20(13-16-22)14-17-23(25)21-10-6-5-7-11-21/h5-7,10-17H,1-4,8-9,18-19H2. The number of carbonyl (C=O) groups excluding carboxylic acids is 1. The van der Waals surface area contributed by atoms with Crippen LogP contribution >= 0.6 is 15.9 Å². The van der Waals surface area contributed by atoms with E-state index < -0.39 is 0 Å². The van der Waals surface area contributed by atoms with E-state index in [1.165, 1.54) is 32.1 Å². The molecule has 2 aromatic carbocycles. The van der Waals surface area contributed by atoms with Crippen LogP contribution in [0.4, 0.5) is 0 Å². The SMILES string of the molecule is O=C(C=Cc1ccc(OCCCCCCCCBr)cc1)c1ccccc1. The van der Waals surface area contributed by atoms with Crippen molar-refractivity contribution in [3.05, 3.63) is 71.8 Å². The molecular weight excluding hydrogens is 388 g/mol. The second-order valence-corrected chi connectivity index (χ2v) is 7.08. The molecule has 0 saturated heterocycles. The predicted octanol–water partition coefficient (Wildman–Crippen LogP) is 6.70. The summed E-state index contributed by atoms with van der Waals surface area (Å²) in [4.78, 5) is 12.1. The molecule has 0 radical (unpaired) electrons. The van der Waals surface area contributed by atoms with Crippen LogP contribution < -0.4 is 4.74 Å². The fourth-order valence-corrected chi connectivity index (χ4v) is 3.04. The molecule has 0 aliphatic heterocycles. The molecule has 0 unspecified atom stereocenters. The summed E-state index contributed by atoms with van der Waals surface area (Å²) in [5.41, 5.74) is 1.70. The average molecular weight is 415 g/mol. The van der Waals surface area contributed by atoms with E-state index in [2.05, 4.69) is 15.9 Å². The van der Waals surface area contributed by atoms with Crippen molar-refractivity contribution < 1.29 is 9.53 Å². The first kappa shape index (κ1) is 20.4. The molecule has 0 aliphatic rings. The third kappa shape index (κ3) is 8.01. The largest absolute Gasteiger partial charge is 0.494 e. The van der Waals surface area contributed by atoms with Crippen LogP contribution in [0.3, 0.4) is 0 Å². The van der Waals surface area contributed by atoms with Crippen LogP contribution in [0.5, 0.6) is 5.75 Å². The van der Waals surface area contributed by atoms with Gasteiger partial charge in [0.25, 0.3) is 0 Å². The highest BCUT2D eigenvalue weighted by Crippen LogP contribution is 2.15. The maximum absolute atomic E-state index is 12.1. The summed E-state index contributed by atoms with van der Waals surface area (Å²) in [7, 11) is 0. The second-order valence-electron chi connectivity index (χ2n) is 6.29. The molecule has 26 heavy (non-hydrogen) atoms. The van der Waals surface area contributed by atoms with E-state index in [1.54, 1.807) is 6.08 Å². The van der Waals surface area contributed by atoms with E-state index in [4.69, 9.17) is 4.74 Å². The molecule has 0 heterocycles. The van der Waals surface area contributed by atoms with Gasteiger partial charge in [-0.2, -0.15) is 0 Å². The quantitative estimate of drug-likeness (QED) is 0.167. The first-order chi connectivity index (χ1) is 12.8. The van der Waals surface area contributed by atoms with Gasteiger partial charge in [-0.1, -0.05) is 90.2 Å². The van der Waals surface area contributed by atoms with Crippen molar-refractivity contribution in [3.63, 3.8) is 0 Å². The van der Waals surface area contributed by atoms with E-state index >= 15 is 0 Å². The molecule has 3 heteroatoms. The van der Waals surface area contributed by atoms with Crippen LogP contribution in [0.15, 0.2) is 60.7 Å². The topological polar surface area (TPSA) is 26.3 Å². The summed E-state index contributed by atoms with van der Waals surface area (Å²) in [6, 6.07) is 17.2. The maximum atomic E-state index is 12.1. The van der Waals surface area contributed by atoms with Gasteiger partial charge in [0.05, 0.1) is 6.61 Å². The fraction of sp³-hybridized carbons (Fsp3) is 0.348. The average Bonchev–Trinajstić information content (AvgIpc) is 2.69. The molecule has 0 N–H and O–H groups in total. The Kier molecular flexibility index (Phi) is 9.81. The summed E-state index contributed by atoms with van der Waals surface area (Å²) in [5.74, 6) is 0.901. The summed E-state index contributed by atoms with van der Waals surface area (Å²) in [6.45, 7) is 0.764. The highest BCUT2D eigenvalue weighted by Gasteiger charge is 2.00. The number of rotatable bonds is 12. The number of ketones is 1. The van der Waals surface area contributed by atoms with E-state index in [1.807, 2.05) is 60.7 Å². The van der Waals surface area contributed by atoms with Crippen LogP contribution in [-0.4, -0.2) is 17.7 Å². The van der Waals surface area contributed by atoms with Crippen LogP contribution in [0.2, 0.25) is 0 Å². The lowest BCUT2D eigenvalue weighted by molar-refractivity contribution is 0.104. The predicted molar refractivity (Wildman–Crippen MR) is 113 cm³/mol. The molecule has 0 spiro atoms. The van der Waals surface area contributed by atoms with Gasteiger partial charge in [-0.25, -0.2) is 0 Å². The minimum Gasteiger partial charge on any atom is -0.494 e. The molecule has 2 rings (SSSR count). The Labute approximate surface area is 165 Å². The molecule has 138 valence electrons. The molecule has 0 amide bonds. The van der Waals surface area contributed by atoms with Gasteiger partial charge in [-0.15, -0.1) is 0 Å². The first-order valence-electron chi connectivity index (χ1n) is 9.36. The lowest BCUT2D eigenvalue weighted by atomic mass is 10.1. The van der Waals surface area contributed by atoms with Gasteiger partial charge in [0.1, 0.15) is 5.75 Å². The molecule has 0 bridgehead atoms. The van der Waals surface area contributed by atoms with Crippen molar-refractivity contribution in [3.8, 4) is 5.75 Å². The Bertz CT molecular complexity index is 662. The summed E-state index contributed by atoms with van der Waals surface area (Å²) in [6.07, 6.45) is 11.0. The number of unbranched alkanes of at least 4 members (excludes halogenated alkanes) is 5. The summed E-state index contributed by atoms with van der Waals surface area (Å²) < 4.78 is 5.79. The Morgan fingerprint density at radius 3 is 2.19 bits per heavy atom. The third-order valence-electron chi connectivity index (χ3n) is 4.16. The van der Waals surface area contributed by atoms with Crippen LogP contribution in [0.1, 0.15) is 54.4 Å². The number of carbonyl (C=O) groups is 1. The monoisotopic (exact) mass is 414 g/mol. The van der Waals surface area contributed by atoms with E-state index in [0.717, 1.165) is 29.7 Å². The van der Waals surface area contributed by atoms with Crippen LogP contribution in [0.25, 0.3) is 6.08 Å². The molecule has 0 aromatic heterocycles. The van der Waals surface area contributed by atoms with Crippen molar-refractivity contribution in [1.82, 2.24) is 0 Å². The minimum atomic E-state index is 0.0158. The molecule has 0 aliphatic carbocycles. The first-order valence-corrected chi connectivity index (χ1v) is 10.5. The van der Waals surface area contributed by atoms with E-state index in [-0.39, 0.29) is 5.78 Å². The molecular formula is C23H27BrO2. The van der Waals surface area contributed by atoms with Crippen molar-refractivity contribution in [1.29, 1.82) is 0 Å². The van der Waals surface area contributed by atoms with Gasteiger partial charge in [0.2, 0.25) is 0 Å². The zero-order chi connectivity index (χ0) is 18.5. The Morgan fingerprint density at radius 1 is 0.846 bits per heavy atom. The zero-order valence-electron chi connectivity index (χ0n) is 15.2. The number of halogens is 1. The highest BCUT2D eigenvalue weighted by molar-refractivity contribution is 9.09. The van der Waals surface area contributed by atoms with Crippen molar-refractivity contribution in [2.75, 3.05) is 11.9 Å². The lowest BCUT2D eigenvalue weighted by Crippen LogP contribution is -1.97. The smallest absolute Gasteiger partial charge is 0.185 e. The molecule has 0 saturated carbocycles. The van der Waals surface area contributed by atoms with Crippen molar-refractivity contribution in [2.45, 2.75) is 38.5 Å². The highest BCUT2D eigenvalue weighted by atomic mass is 79.9. The lowest BCUT2D eigenvalue weighted by Gasteiger charge is -2.06. The second kappa shape index (κ2) is 12.5. The van der Waals surface area contributed by atoms with Crippen LogP contribution in [-0.2, 0) is 0 Å². The van der Waals surface area contributed by atoms with Gasteiger partial charge < -0.3 is 4.74 Å². The normalized spacial score (nSPS) is 11.0. The fourth-order valence-electron chi connectivity index (χ4n) is 2.64. The molecule has 0 atom stereocenters. The minimum absolute atomic E-state index is 0.0158. The molecule has 2 aromatic rings. The van der Waals surface area contributed by atoms with E-state index in [9.17, 15) is 4.79 Å². The van der Waals surface area contributed by atoms with Crippen molar-refractivity contribution in [2.24, 2.45) is 0 Å². The van der Waals surface area contributed by atoms with Gasteiger partial charge in [0, 0.05) is 10.9 Å². The number of ether oxygens (including phenoxy) is 1. The van der Waals surface area contributed by atoms with Crippen molar-refractivity contribution >= 4 is 27.8 Å². The number of benzene rings is 2. The molecule has 0 fully saturated rings. The number of allylic oxidation sites excluding steroid dienone is 1. The number of hydrogen-bond donors (Lipinski definition) is 0. The van der Waals surface area contributed by atoms with Gasteiger partial charge in [-0.3, -0.25) is 4.79 Å². The summed E-state index contributed by atoms with van der Waals surface area (Å²) in [5, 5.41) is 1.11. The van der Waals surface area contributed by atoms with Crippen LogP contribution in [0, 0.1) is 0 Å². The van der Waals surface area contributed by atoms with Gasteiger partial charge in [-0.05, 0) is 36.6 Å². The third-order valence-corrected chi connectivity index (χ3v) is 4.72. The zero-order valence-corrected chi connectivity index (χ0v) is 16.8. The maximum Gasteiger partial charge on any atom is 0.185 e. The van der Waals surface area contributed by atoms with E-state index in [0.29, 0.717) is 5.56 Å². The Morgan fingerprint density at radius 2 is 1.50 bits per heavy atom. The summed E-state index contributed by atoms with van der Waals surface area (Å²) >= 11 is 3.46.